The molecule has 0 saturated carbocycles. The number of ether oxygens (including phenoxy) is 1. The van der Waals surface area contributed by atoms with Crippen LogP contribution < -0.4 is 4.74 Å². The molecule has 19 heavy (non-hydrogen) atoms. The van der Waals surface area contributed by atoms with Crippen molar-refractivity contribution >= 4 is 33.2 Å². The van der Waals surface area contributed by atoms with Gasteiger partial charge in [-0.15, -0.1) is 11.3 Å². The van der Waals surface area contributed by atoms with Gasteiger partial charge in [0.2, 0.25) is 0 Å². The van der Waals surface area contributed by atoms with Crippen LogP contribution in [0.2, 0.25) is 0 Å². The molecule has 1 aromatic carbocycles. The van der Waals surface area contributed by atoms with Crippen molar-refractivity contribution in [3.05, 3.63) is 50.6 Å². The topological polar surface area (TPSA) is 29.5 Å². The van der Waals surface area contributed by atoms with Crippen molar-refractivity contribution in [3.63, 3.8) is 0 Å². The van der Waals surface area contributed by atoms with E-state index in [1.807, 2.05) is 29.6 Å². The molecule has 3 nitrogen and oxygen atoms in total. The Labute approximate surface area is 124 Å². The molecule has 0 aliphatic rings. The van der Waals surface area contributed by atoms with E-state index in [4.69, 9.17) is 4.74 Å². The van der Waals surface area contributed by atoms with Crippen LogP contribution in [-0.2, 0) is 6.54 Å². The van der Waals surface area contributed by atoms with Crippen molar-refractivity contribution in [2.24, 2.45) is 0 Å². The summed E-state index contributed by atoms with van der Waals surface area (Å²) in [5.74, 6) is 0.734. The highest BCUT2D eigenvalue weighted by molar-refractivity contribution is 9.10. The molecule has 0 aliphatic heterocycles. The molecular weight excluding hydrogens is 326 g/mol. The van der Waals surface area contributed by atoms with Gasteiger partial charge in [0.15, 0.2) is 0 Å². The zero-order valence-corrected chi connectivity index (χ0v) is 13.1. The molecule has 5 heteroatoms. The van der Waals surface area contributed by atoms with Gasteiger partial charge < -0.3 is 9.64 Å². The number of hydrogen-bond acceptors (Lipinski definition) is 3. The highest BCUT2D eigenvalue weighted by Gasteiger charge is 2.14. The van der Waals surface area contributed by atoms with Crippen LogP contribution in [0.3, 0.4) is 0 Å². The minimum absolute atomic E-state index is 0.00766. The Hall–Kier alpha value is -1.33. The summed E-state index contributed by atoms with van der Waals surface area (Å²) in [7, 11) is 3.40. The van der Waals surface area contributed by atoms with Gasteiger partial charge in [0.1, 0.15) is 5.75 Å². The molecule has 0 atom stereocenters. The average Bonchev–Trinajstić information content (AvgIpc) is 2.86. The lowest BCUT2D eigenvalue weighted by Gasteiger charge is -2.16. The maximum absolute atomic E-state index is 12.2. The second-order valence-electron chi connectivity index (χ2n) is 4.14. The lowest BCUT2D eigenvalue weighted by Crippen LogP contribution is -2.25. The van der Waals surface area contributed by atoms with Crippen molar-refractivity contribution in [2.75, 3.05) is 14.2 Å². The van der Waals surface area contributed by atoms with Crippen molar-refractivity contribution < 1.29 is 9.53 Å². The fourth-order valence-electron chi connectivity index (χ4n) is 1.71. The fourth-order valence-corrected chi connectivity index (χ4v) is 3.00. The molecule has 2 aromatic rings. The van der Waals surface area contributed by atoms with E-state index in [1.54, 1.807) is 25.1 Å². The van der Waals surface area contributed by atoms with Crippen molar-refractivity contribution in [1.29, 1.82) is 0 Å². The molecule has 0 N–H and O–H groups in total. The third-order valence-corrected chi connectivity index (χ3v) is 4.07. The van der Waals surface area contributed by atoms with Gasteiger partial charge in [0, 0.05) is 29.5 Å². The Morgan fingerprint density at radius 1 is 1.42 bits per heavy atom. The molecule has 0 fully saturated rings. The Morgan fingerprint density at radius 3 is 2.84 bits per heavy atom. The number of thiophene rings is 1. The van der Waals surface area contributed by atoms with E-state index in [9.17, 15) is 4.79 Å². The predicted molar refractivity (Wildman–Crippen MR) is 80.8 cm³/mol. The molecular formula is C14H14BrNO2S. The molecule has 0 aliphatic carbocycles. The first-order valence-electron chi connectivity index (χ1n) is 5.72. The number of nitrogens with zero attached hydrogens (tertiary/aromatic N) is 1. The maximum atomic E-state index is 12.2. The molecule has 0 spiro atoms. The van der Waals surface area contributed by atoms with E-state index in [2.05, 4.69) is 15.9 Å². The summed E-state index contributed by atoms with van der Waals surface area (Å²) in [6.45, 7) is 0.582. The van der Waals surface area contributed by atoms with Gasteiger partial charge in [0.05, 0.1) is 12.0 Å². The number of methoxy groups -OCH3 is 1. The van der Waals surface area contributed by atoms with Crippen molar-refractivity contribution in [2.45, 2.75) is 6.54 Å². The summed E-state index contributed by atoms with van der Waals surface area (Å²) < 4.78 is 6.11. The Morgan fingerprint density at radius 2 is 2.21 bits per heavy atom. The Kier molecular flexibility index (Phi) is 4.61. The van der Waals surface area contributed by atoms with Gasteiger partial charge in [-0.05, 0) is 17.7 Å². The predicted octanol–water partition coefficient (Wildman–Crippen LogP) is 3.79. The fraction of sp³-hybridized carbons (Fsp3) is 0.214. The zero-order valence-electron chi connectivity index (χ0n) is 10.7. The molecule has 0 bridgehead atoms. The summed E-state index contributed by atoms with van der Waals surface area (Å²) >= 11 is 4.83. The third-order valence-electron chi connectivity index (χ3n) is 2.68. The summed E-state index contributed by atoms with van der Waals surface area (Å²) in [6.07, 6.45) is 0. The maximum Gasteiger partial charge on any atom is 0.264 e. The van der Waals surface area contributed by atoms with Crippen molar-refractivity contribution in [1.82, 2.24) is 4.90 Å². The Bertz CT molecular complexity index is 582. The van der Waals surface area contributed by atoms with Crippen molar-refractivity contribution in [3.8, 4) is 5.75 Å². The van der Waals surface area contributed by atoms with Crippen LogP contribution in [-0.4, -0.2) is 25.0 Å². The lowest BCUT2D eigenvalue weighted by atomic mass is 10.2. The highest BCUT2D eigenvalue weighted by Crippen LogP contribution is 2.23. The summed E-state index contributed by atoms with van der Waals surface area (Å²) in [4.78, 5) is 14.6. The van der Waals surface area contributed by atoms with E-state index in [1.165, 1.54) is 11.3 Å². The number of benzene rings is 1. The first-order valence-corrected chi connectivity index (χ1v) is 7.40. The molecule has 0 saturated heterocycles. The monoisotopic (exact) mass is 339 g/mol. The van der Waals surface area contributed by atoms with E-state index in [0.29, 0.717) is 11.4 Å². The first-order chi connectivity index (χ1) is 9.10. The smallest absolute Gasteiger partial charge is 0.264 e. The Balaban J connectivity index is 2.07. The number of amides is 1. The molecule has 2 rings (SSSR count). The van der Waals surface area contributed by atoms with E-state index < -0.39 is 0 Å². The van der Waals surface area contributed by atoms with E-state index >= 15 is 0 Å². The number of rotatable bonds is 4. The summed E-state index contributed by atoms with van der Waals surface area (Å²) in [5, 5.41) is 1.83. The van der Waals surface area contributed by atoms with Crippen LogP contribution in [0.25, 0.3) is 0 Å². The minimum Gasteiger partial charge on any atom is -0.496 e. The second-order valence-corrected chi connectivity index (χ2v) is 5.97. The highest BCUT2D eigenvalue weighted by atomic mass is 79.9. The zero-order chi connectivity index (χ0) is 13.8. The lowest BCUT2D eigenvalue weighted by molar-refractivity contribution is 0.0789. The van der Waals surface area contributed by atoms with E-state index in [-0.39, 0.29) is 5.91 Å². The third kappa shape index (κ3) is 3.58. The molecule has 100 valence electrons. The molecule has 0 unspecified atom stereocenters. The molecule has 1 amide bonds. The van der Waals surface area contributed by atoms with Gasteiger partial charge in [-0.2, -0.15) is 0 Å². The molecule has 1 heterocycles. The van der Waals surface area contributed by atoms with Crippen LogP contribution in [0.4, 0.5) is 0 Å². The largest absolute Gasteiger partial charge is 0.496 e. The summed E-state index contributed by atoms with van der Waals surface area (Å²) in [6, 6.07) is 9.72. The molecule has 1 aromatic heterocycles. The quantitative estimate of drug-likeness (QED) is 0.847. The van der Waals surface area contributed by atoms with Gasteiger partial charge in [-0.25, -0.2) is 0 Å². The van der Waals surface area contributed by atoms with Crippen LogP contribution in [0, 0.1) is 0 Å². The number of carbonyl (C=O) groups is 1. The van der Waals surface area contributed by atoms with Crippen LogP contribution in [0.15, 0.2) is 40.2 Å². The second kappa shape index (κ2) is 6.21. The van der Waals surface area contributed by atoms with Gasteiger partial charge >= 0.3 is 0 Å². The van der Waals surface area contributed by atoms with Crippen LogP contribution >= 0.6 is 27.3 Å². The van der Waals surface area contributed by atoms with Crippen LogP contribution in [0.1, 0.15) is 15.2 Å². The van der Waals surface area contributed by atoms with E-state index in [0.717, 1.165) is 15.8 Å². The number of carbonyl (C=O) groups excluding carboxylic acids is 1. The van der Waals surface area contributed by atoms with Gasteiger partial charge in [-0.1, -0.05) is 28.1 Å². The first kappa shape index (κ1) is 14.1. The van der Waals surface area contributed by atoms with Gasteiger partial charge in [0.25, 0.3) is 5.91 Å². The van der Waals surface area contributed by atoms with Crippen LogP contribution in [0.5, 0.6) is 5.75 Å². The SMILES string of the molecule is COc1csc(C(=O)N(C)Cc2cccc(Br)c2)c1. The molecule has 0 radical (unpaired) electrons. The number of halogens is 1. The van der Waals surface area contributed by atoms with Gasteiger partial charge in [-0.3, -0.25) is 4.79 Å². The average molecular weight is 340 g/mol. The standard InChI is InChI=1S/C14H14BrNO2S/c1-16(8-10-4-3-5-11(15)6-10)14(17)13-7-12(18-2)9-19-13/h3-7,9H,8H2,1-2H3. The summed E-state index contributed by atoms with van der Waals surface area (Å²) in [5.41, 5.74) is 1.09. The normalized spacial score (nSPS) is 10.3. The minimum atomic E-state index is 0.00766. The number of hydrogen-bond donors (Lipinski definition) is 0.